The Morgan fingerprint density at radius 2 is 2.00 bits per heavy atom. The third kappa shape index (κ3) is 5.79. The number of nitrogens with zero attached hydrogens (tertiary/aromatic N) is 5. The highest BCUT2D eigenvalue weighted by atomic mass is 32.1. The average molecular weight is 496 g/mol. The first kappa shape index (κ1) is 25.1. The van der Waals surface area contributed by atoms with Crippen molar-refractivity contribution in [3.63, 3.8) is 0 Å². The van der Waals surface area contributed by atoms with Crippen molar-refractivity contribution in [2.75, 3.05) is 32.1 Å². The van der Waals surface area contributed by atoms with Crippen LogP contribution in [0.3, 0.4) is 0 Å². The second-order valence-electron chi connectivity index (χ2n) is 9.59. The molecule has 3 aromatic rings. The van der Waals surface area contributed by atoms with Gasteiger partial charge in [0.15, 0.2) is 0 Å². The zero-order chi connectivity index (χ0) is 25.1. The molecule has 4 heterocycles. The summed E-state index contributed by atoms with van der Waals surface area (Å²) in [7, 11) is 4.16. The van der Waals surface area contributed by atoms with Crippen molar-refractivity contribution >= 4 is 34.8 Å². The molecular weight excluding hydrogens is 462 g/mol. The number of hydrogen-bond acceptors (Lipinski definition) is 7. The second kappa shape index (κ2) is 10.7. The summed E-state index contributed by atoms with van der Waals surface area (Å²) in [5.74, 6) is -0.115. The van der Waals surface area contributed by atoms with Gasteiger partial charge in [0.25, 0.3) is 5.56 Å². The highest BCUT2D eigenvalue weighted by Crippen LogP contribution is 2.24. The normalized spacial score (nSPS) is 15.2. The summed E-state index contributed by atoms with van der Waals surface area (Å²) < 4.78 is 1.50. The first-order chi connectivity index (χ1) is 16.7. The maximum Gasteiger partial charge on any atom is 0.328 e. The largest absolute Gasteiger partial charge is 0.478 e. The van der Waals surface area contributed by atoms with Crippen molar-refractivity contribution in [1.29, 1.82) is 0 Å². The molecule has 9 heteroatoms. The Labute approximate surface area is 209 Å². The third-order valence-corrected chi connectivity index (χ3v) is 7.51. The van der Waals surface area contributed by atoms with E-state index in [-0.39, 0.29) is 5.56 Å². The van der Waals surface area contributed by atoms with E-state index in [0.717, 1.165) is 61.1 Å². The minimum Gasteiger partial charge on any atom is -0.478 e. The zero-order valence-electron chi connectivity index (χ0n) is 20.8. The molecule has 0 unspecified atom stereocenters. The zero-order valence-corrected chi connectivity index (χ0v) is 21.6. The van der Waals surface area contributed by atoms with Crippen molar-refractivity contribution in [2.24, 2.45) is 0 Å². The molecule has 0 aliphatic carbocycles. The number of anilines is 1. The number of aromatic nitrogens is 3. The number of pyridine rings is 1. The maximum atomic E-state index is 13.4. The van der Waals surface area contributed by atoms with Gasteiger partial charge in [-0.15, -0.1) is 11.3 Å². The lowest BCUT2D eigenvalue weighted by Gasteiger charge is -2.36. The van der Waals surface area contributed by atoms with E-state index in [0.29, 0.717) is 29.0 Å². The maximum absolute atomic E-state index is 13.4. The molecule has 186 valence electrons. The van der Waals surface area contributed by atoms with Crippen LogP contribution < -0.4 is 10.5 Å². The Morgan fingerprint density at radius 1 is 1.26 bits per heavy atom. The van der Waals surface area contributed by atoms with Gasteiger partial charge >= 0.3 is 5.97 Å². The molecular formula is C26H33N5O3S. The Bertz CT molecular complexity index is 1290. The standard InChI is InChI=1S/C26H33N5O3S/c1-17(2)21-16-35-23(27-21)7-5-18-9-14-31-22(15-18)28-25(20(26(31)34)6-8-24(32)33)30-12-10-19(11-13-30)29(3)4/h6,8-9,14-17,19H,5,7,10-13H2,1-4H3,(H,32,33)/b8-6+. The summed E-state index contributed by atoms with van der Waals surface area (Å²) >= 11 is 1.69. The number of aryl methyl sites for hydroxylation is 2. The van der Waals surface area contributed by atoms with Crippen LogP contribution in [0.4, 0.5) is 5.82 Å². The molecule has 3 aromatic heterocycles. The topological polar surface area (TPSA) is 91.0 Å². The molecule has 0 radical (unpaired) electrons. The number of piperidine rings is 1. The van der Waals surface area contributed by atoms with Crippen LogP contribution in [-0.2, 0) is 17.6 Å². The number of hydrogen-bond donors (Lipinski definition) is 1. The van der Waals surface area contributed by atoms with Crippen molar-refractivity contribution in [2.45, 2.75) is 51.5 Å². The lowest BCUT2D eigenvalue weighted by atomic mass is 10.0. The van der Waals surface area contributed by atoms with Gasteiger partial charge in [0.05, 0.1) is 16.3 Å². The third-order valence-electron chi connectivity index (χ3n) is 6.59. The van der Waals surface area contributed by atoms with E-state index in [1.807, 2.05) is 12.1 Å². The summed E-state index contributed by atoms with van der Waals surface area (Å²) in [6.45, 7) is 5.82. The van der Waals surface area contributed by atoms with Crippen LogP contribution in [0.5, 0.6) is 0 Å². The number of carboxylic acids is 1. The van der Waals surface area contributed by atoms with Crippen molar-refractivity contribution < 1.29 is 9.90 Å². The van der Waals surface area contributed by atoms with E-state index in [1.165, 1.54) is 10.5 Å². The Morgan fingerprint density at radius 3 is 2.63 bits per heavy atom. The summed E-state index contributed by atoms with van der Waals surface area (Å²) in [6, 6.07) is 4.37. The summed E-state index contributed by atoms with van der Waals surface area (Å²) in [5.41, 5.74) is 2.84. The molecule has 1 aliphatic heterocycles. The van der Waals surface area contributed by atoms with Crippen LogP contribution in [0, 0.1) is 0 Å². The molecule has 35 heavy (non-hydrogen) atoms. The van der Waals surface area contributed by atoms with Crippen LogP contribution in [-0.4, -0.2) is 63.6 Å². The fourth-order valence-corrected chi connectivity index (χ4v) is 5.39. The molecule has 0 amide bonds. The average Bonchev–Trinajstić information content (AvgIpc) is 3.31. The van der Waals surface area contributed by atoms with Gasteiger partial charge in [-0.05, 0) is 63.0 Å². The SMILES string of the molecule is CC(C)c1csc(CCc2ccn3c(=O)c(/C=C/C(=O)O)c(N4CCC(N(C)C)CC4)nc3c2)n1. The Kier molecular flexibility index (Phi) is 7.66. The van der Waals surface area contributed by atoms with Crippen LogP contribution in [0.25, 0.3) is 11.7 Å². The fourth-order valence-electron chi connectivity index (χ4n) is 4.43. The summed E-state index contributed by atoms with van der Waals surface area (Å²) in [5, 5.41) is 12.4. The summed E-state index contributed by atoms with van der Waals surface area (Å²) in [6.07, 6.45) is 7.69. The van der Waals surface area contributed by atoms with Crippen LogP contribution >= 0.6 is 11.3 Å². The van der Waals surface area contributed by atoms with Crippen molar-refractivity contribution in [3.05, 3.63) is 62.0 Å². The van der Waals surface area contributed by atoms with Crippen LogP contribution in [0.2, 0.25) is 0 Å². The van der Waals surface area contributed by atoms with E-state index in [4.69, 9.17) is 15.1 Å². The van der Waals surface area contributed by atoms with Gasteiger partial charge in [0.1, 0.15) is 11.5 Å². The molecule has 0 atom stereocenters. The molecule has 1 saturated heterocycles. The van der Waals surface area contributed by atoms with Crippen LogP contribution in [0.15, 0.2) is 34.6 Å². The van der Waals surface area contributed by atoms with Gasteiger partial charge in [-0.1, -0.05) is 13.8 Å². The van der Waals surface area contributed by atoms with Gasteiger partial charge in [-0.3, -0.25) is 9.20 Å². The van der Waals surface area contributed by atoms with Gasteiger partial charge in [-0.2, -0.15) is 0 Å². The molecule has 0 aromatic carbocycles. The smallest absolute Gasteiger partial charge is 0.328 e. The second-order valence-corrected chi connectivity index (χ2v) is 10.5. The number of carboxylic acid groups (broad SMARTS) is 1. The lowest BCUT2D eigenvalue weighted by Crippen LogP contribution is -2.43. The predicted octanol–water partition coefficient (Wildman–Crippen LogP) is 3.69. The monoisotopic (exact) mass is 495 g/mol. The Hall–Kier alpha value is -3.04. The van der Waals surface area contributed by atoms with Gasteiger partial charge in [0, 0.05) is 43.2 Å². The Balaban J connectivity index is 1.65. The fraction of sp³-hybridized carbons (Fsp3) is 0.462. The van der Waals surface area contributed by atoms with Crippen molar-refractivity contribution in [3.8, 4) is 0 Å². The van der Waals surface area contributed by atoms with Gasteiger partial charge < -0.3 is 14.9 Å². The number of aliphatic carboxylic acids is 1. The number of carbonyl (C=O) groups is 1. The summed E-state index contributed by atoms with van der Waals surface area (Å²) in [4.78, 5) is 38.5. The molecule has 0 bridgehead atoms. The number of fused-ring (bicyclic) bond motifs is 1. The highest BCUT2D eigenvalue weighted by Gasteiger charge is 2.24. The van der Waals surface area contributed by atoms with Gasteiger partial charge in [-0.25, -0.2) is 14.8 Å². The molecule has 1 fully saturated rings. The van der Waals surface area contributed by atoms with E-state index >= 15 is 0 Å². The van der Waals surface area contributed by atoms with E-state index in [1.54, 1.807) is 17.5 Å². The van der Waals surface area contributed by atoms with Crippen molar-refractivity contribution in [1.82, 2.24) is 19.3 Å². The molecule has 1 N–H and O–H groups in total. The molecule has 0 saturated carbocycles. The molecule has 0 spiro atoms. The first-order valence-electron chi connectivity index (χ1n) is 12.0. The van der Waals surface area contributed by atoms with E-state index in [2.05, 4.69) is 43.1 Å². The number of thiazole rings is 1. The van der Waals surface area contributed by atoms with Gasteiger partial charge in [0.2, 0.25) is 0 Å². The minimum absolute atomic E-state index is 0.259. The number of rotatable bonds is 8. The predicted molar refractivity (Wildman–Crippen MR) is 141 cm³/mol. The molecule has 4 rings (SSSR count). The molecule has 8 nitrogen and oxygen atoms in total. The first-order valence-corrected chi connectivity index (χ1v) is 12.9. The van der Waals surface area contributed by atoms with E-state index < -0.39 is 5.97 Å². The lowest BCUT2D eigenvalue weighted by molar-refractivity contribution is -0.131. The van der Waals surface area contributed by atoms with E-state index in [9.17, 15) is 9.59 Å². The minimum atomic E-state index is -1.09. The quantitative estimate of drug-likeness (QED) is 0.477. The highest BCUT2D eigenvalue weighted by molar-refractivity contribution is 7.09. The molecule has 1 aliphatic rings. The van der Waals surface area contributed by atoms with Crippen LogP contribution in [0.1, 0.15) is 54.4 Å².